The molecule has 138 valence electrons. The zero-order chi connectivity index (χ0) is 18.6. The number of carbonyl (C=O) groups excluding carboxylic acids is 1. The van der Waals surface area contributed by atoms with Gasteiger partial charge in [0.25, 0.3) is 0 Å². The first-order valence-electron chi connectivity index (χ1n) is 9.35. The molecule has 0 spiro atoms. The minimum atomic E-state index is -0.0999. The fraction of sp³-hybridized carbons (Fsp3) is 0.286. The third-order valence-corrected chi connectivity index (χ3v) is 4.74. The molecular formula is C21H23N5O. The number of hydrogen-bond acceptors (Lipinski definition) is 5. The lowest BCUT2D eigenvalue weighted by atomic mass is 10.2. The van der Waals surface area contributed by atoms with Gasteiger partial charge in [0.15, 0.2) is 0 Å². The monoisotopic (exact) mass is 361 g/mol. The fourth-order valence-corrected chi connectivity index (χ4v) is 3.51. The van der Waals surface area contributed by atoms with Crippen LogP contribution in [-0.4, -0.2) is 21.9 Å². The molecule has 1 aliphatic rings. The predicted octanol–water partition coefficient (Wildman–Crippen LogP) is 4.69. The zero-order valence-corrected chi connectivity index (χ0v) is 15.3. The van der Waals surface area contributed by atoms with Crippen LogP contribution in [-0.2, 0) is 4.79 Å². The Morgan fingerprint density at radius 1 is 1.00 bits per heavy atom. The van der Waals surface area contributed by atoms with E-state index in [1.807, 2.05) is 48.5 Å². The molecule has 27 heavy (non-hydrogen) atoms. The molecule has 1 aliphatic carbocycles. The van der Waals surface area contributed by atoms with Gasteiger partial charge in [-0.15, -0.1) is 0 Å². The predicted molar refractivity (Wildman–Crippen MR) is 109 cm³/mol. The maximum absolute atomic E-state index is 11.3. The third kappa shape index (κ3) is 4.16. The van der Waals surface area contributed by atoms with E-state index < -0.39 is 0 Å². The van der Waals surface area contributed by atoms with Crippen molar-refractivity contribution in [3.05, 3.63) is 48.5 Å². The Hall–Kier alpha value is -3.15. The van der Waals surface area contributed by atoms with Gasteiger partial charge < -0.3 is 16.0 Å². The van der Waals surface area contributed by atoms with Crippen molar-refractivity contribution in [3.63, 3.8) is 0 Å². The number of rotatable bonds is 5. The molecule has 4 rings (SSSR count). The van der Waals surface area contributed by atoms with Crippen molar-refractivity contribution in [3.8, 4) is 0 Å². The molecule has 3 N–H and O–H groups in total. The van der Waals surface area contributed by atoms with Crippen molar-refractivity contribution in [1.82, 2.24) is 9.97 Å². The summed E-state index contributed by atoms with van der Waals surface area (Å²) in [6.45, 7) is 1.49. The van der Waals surface area contributed by atoms with Crippen LogP contribution in [0.25, 0.3) is 10.9 Å². The van der Waals surface area contributed by atoms with Gasteiger partial charge in [0.2, 0.25) is 11.9 Å². The van der Waals surface area contributed by atoms with Crippen LogP contribution in [0.15, 0.2) is 48.5 Å². The van der Waals surface area contributed by atoms with Gasteiger partial charge in [-0.3, -0.25) is 4.79 Å². The first-order valence-corrected chi connectivity index (χ1v) is 9.35. The molecule has 1 aromatic heterocycles. The quantitative estimate of drug-likeness (QED) is 0.614. The van der Waals surface area contributed by atoms with Gasteiger partial charge in [0, 0.05) is 29.7 Å². The van der Waals surface area contributed by atoms with Gasteiger partial charge in [0.1, 0.15) is 5.82 Å². The Labute approximate surface area is 158 Å². The Morgan fingerprint density at radius 2 is 1.78 bits per heavy atom. The minimum Gasteiger partial charge on any atom is -0.367 e. The molecule has 0 unspecified atom stereocenters. The van der Waals surface area contributed by atoms with Crippen LogP contribution < -0.4 is 16.0 Å². The number of hydrogen-bond donors (Lipinski definition) is 3. The number of carbonyl (C=O) groups is 1. The molecular weight excluding hydrogens is 338 g/mol. The summed E-state index contributed by atoms with van der Waals surface area (Å²) in [7, 11) is 0. The molecule has 3 aromatic rings. The number of aromatic nitrogens is 2. The van der Waals surface area contributed by atoms with E-state index in [0.29, 0.717) is 12.0 Å². The number of fused-ring (bicyclic) bond motifs is 1. The minimum absolute atomic E-state index is 0.0999. The summed E-state index contributed by atoms with van der Waals surface area (Å²) < 4.78 is 0. The number of benzene rings is 2. The lowest BCUT2D eigenvalue weighted by Gasteiger charge is -2.16. The molecule has 0 bridgehead atoms. The number of para-hydroxylation sites is 1. The van der Waals surface area contributed by atoms with Gasteiger partial charge >= 0.3 is 0 Å². The Balaban J connectivity index is 1.64. The molecule has 0 radical (unpaired) electrons. The second-order valence-corrected chi connectivity index (χ2v) is 6.93. The fourth-order valence-electron chi connectivity index (χ4n) is 3.51. The molecule has 6 nitrogen and oxygen atoms in total. The number of nitrogens with zero attached hydrogens (tertiary/aromatic N) is 2. The number of anilines is 4. The second-order valence-electron chi connectivity index (χ2n) is 6.93. The summed E-state index contributed by atoms with van der Waals surface area (Å²) >= 11 is 0. The smallest absolute Gasteiger partial charge is 0.229 e. The largest absolute Gasteiger partial charge is 0.367 e. The van der Waals surface area contributed by atoms with Gasteiger partial charge in [-0.25, -0.2) is 4.98 Å². The van der Waals surface area contributed by atoms with Crippen LogP contribution >= 0.6 is 0 Å². The van der Waals surface area contributed by atoms with Gasteiger partial charge in [-0.05, 0) is 43.2 Å². The maximum atomic E-state index is 11.3. The summed E-state index contributed by atoms with van der Waals surface area (Å²) in [4.78, 5) is 20.7. The van der Waals surface area contributed by atoms with Crippen molar-refractivity contribution in [2.45, 2.75) is 38.6 Å². The van der Waals surface area contributed by atoms with Crippen molar-refractivity contribution >= 4 is 40.0 Å². The Morgan fingerprint density at radius 3 is 2.59 bits per heavy atom. The topological polar surface area (TPSA) is 78.9 Å². The second kappa shape index (κ2) is 7.61. The maximum Gasteiger partial charge on any atom is 0.229 e. The van der Waals surface area contributed by atoms with E-state index in [-0.39, 0.29) is 5.91 Å². The number of nitrogens with one attached hydrogen (secondary N) is 3. The lowest BCUT2D eigenvalue weighted by molar-refractivity contribution is -0.114. The van der Waals surface area contributed by atoms with Crippen LogP contribution in [0, 0.1) is 0 Å². The van der Waals surface area contributed by atoms with Gasteiger partial charge in [-0.1, -0.05) is 31.0 Å². The van der Waals surface area contributed by atoms with E-state index in [9.17, 15) is 4.79 Å². The normalized spacial score (nSPS) is 14.3. The molecule has 1 fully saturated rings. The summed E-state index contributed by atoms with van der Waals surface area (Å²) in [5.74, 6) is 1.30. The highest BCUT2D eigenvalue weighted by atomic mass is 16.1. The van der Waals surface area contributed by atoms with Crippen LogP contribution in [0.5, 0.6) is 0 Å². The molecule has 1 saturated carbocycles. The summed E-state index contributed by atoms with van der Waals surface area (Å²) in [6, 6.07) is 16.0. The standard InChI is InChI=1S/C21H23N5O/c1-14(27)22-16-9-6-10-17(13-16)24-21-25-19-12-5-4-11-18(19)20(26-21)23-15-7-2-3-8-15/h4-6,9-13,15H,2-3,7-8H2,1H3,(H,22,27)(H2,23,24,25,26). The molecule has 2 aromatic carbocycles. The number of amides is 1. The van der Waals surface area contributed by atoms with Crippen molar-refractivity contribution in [2.75, 3.05) is 16.0 Å². The first-order chi connectivity index (χ1) is 13.2. The molecule has 0 saturated heterocycles. The van der Waals surface area contributed by atoms with Crippen LogP contribution in [0.2, 0.25) is 0 Å². The highest BCUT2D eigenvalue weighted by Gasteiger charge is 2.17. The van der Waals surface area contributed by atoms with Crippen LogP contribution in [0.4, 0.5) is 23.1 Å². The molecule has 6 heteroatoms. The third-order valence-electron chi connectivity index (χ3n) is 4.74. The molecule has 0 aliphatic heterocycles. The summed E-state index contributed by atoms with van der Waals surface area (Å²) in [5.41, 5.74) is 2.45. The first kappa shape index (κ1) is 17.3. The van der Waals surface area contributed by atoms with Crippen molar-refractivity contribution < 1.29 is 4.79 Å². The summed E-state index contributed by atoms with van der Waals surface area (Å²) in [6.07, 6.45) is 4.89. The van der Waals surface area contributed by atoms with E-state index >= 15 is 0 Å². The highest BCUT2D eigenvalue weighted by molar-refractivity contribution is 5.91. The van der Waals surface area contributed by atoms with Crippen LogP contribution in [0.1, 0.15) is 32.6 Å². The average Bonchev–Trinajstić information content (AvgIpc) is 3.14. The van der Waals surface area contributed by atoms with E-state index in [1.54, 1.807) is 0 Å². The van der Waals surface area contributed by atoms with Crippen molar-refractivity contribution in [1.29, 1.82) is 0 Å². The summed E-state index contributed by atoms with van der Waals surface area (Å²) in [5, 5.41) is 10.7. The SMILES string of the molecule is CC(=O)Nc1cccc(Nc2nc(NC3CCCC3)c3ccccc3n2)c1. The van der Waals surface area contributed by atoms with Gasteiger partial charge in [0.05, 0.1) is 5.52 Å². The molecule has 1 heterocycles. The highest BCUT2D eigenvalue weighted by Crippen LogP contribution is 2.28. The molecule has 1 amide bonds. The van der Waals surface area contributed by atoms with E-state index in [4.69, 9.17) is 4.98 Å². The van der Waals surface area contributed by atoms with Crippen molar-refractivity contribution in [2.24, 2.45) is 0 Å². The van der Waals surface area contributed by atoms with E-state index in [1.165, 1.54) is 32.6 Å². The zero-order valence-electron chi connectivity index (χ0n) is 15.3. The Kier molecular flexibility index (Phi) is 4.87. The van der Waals surface area contributed by atoms with E-state index in [0.717, 1.165) is 28.1 Å². The van der Waals surface area contributed by atoms with E-state index in [2.05, 4.69) is 20.9 Å². The Bertz CT molecular complexity index is 966. The lowest BCUT2D eigenvalue weighted by Crippen LogP contribution is -2.16. The van der Waals surface area contributed by atoms with Gasteiger partial charge in [-0.2, -0.15) is 4.98 Å². The average molecular weight is 361 g/mol. The molecule has 0 atom stereocenters. The van der Waals surface area contributed by atoms with Crippen LogP contribution in [0.3, 0.4) is 0 Å².